The molecule has 1 aromatic carbocycles. The van der Waals surface area contributed by atoms with E-state index in [1.165, 1.54) is 11.6 Å². The van der Waals surface area contributed by atoms with Crippen LogP contribution in [0.5, 0.6) is 0 Å². The number of allylic oxidation sites excluding steroid dienone is 2. The lowest BCUT2D eigenvalue weighted by atomic mass is 9.85. The molecule has 1 saturated carbocycles. The summed E-state index contributed by atoms with van der Waals surface area (Å²) in [4.78, 5) is 53.1. The summed E-state index contributed by atoms with van der Waals surface area (Å²) in [5.74, 6) is -1.64. The molecule has 1 aliphatic heterocycles. The maximum atomic E-state index is 13.0. The lowest BCUT2D eigenvalue weighted by Crippen LogP contribution is -2.47. The molecule has 2 bridgehead atoms. The lowest BCUT2D eigenvalue weighted by molar-refractivity contribution is -0.146. The fourth-order valence-corrected chi connectivity index (χ4v) is 5.36. The van der Waals surface area contributed by atoms with Gasteiger partial charge in [-0.2, -0.15) is 0 Å². The molecule has 3 aliphatic rings. The van der Waals surface area contributed by atoms with Gasteiger partial charge in [0.25, 0.3) is 5.56 Å². The zero-order valence-corrected chi connectivity index (χ0v) is 17.6. The van der Waals surface area contributed by atoms with Crippen LogP contribution in [-0.4, -0.2) is 38.0 Å². The first kappa shape index (κ1) is 19.5. The van der Waals surface area contributed by atoms with Crippen LogP contribution in [0, 0.1) is 30.6 Å². The Labute approximate surface area is 179 Å². The van der Waals surface area contributed by atoms with Crippen molar-refractivity contribution < 1.29 is 14.4 Å². The smallest absolute Gasteiger partial charge is 0.295 e. The molecule has 160 valence electrons. The van der Waals surface area contributed by atoms with Gasteiger partial charge < -0.3 is 5.32 Å². The molecule has 0 spiro atoms. The van der Waals surface area contributed by atoms with Crippen molar-refractivity contribution in [3.05, 3.63) is 58.5 Å². The van der Waals surface area contributed by atoms with Crippen molar-refractivity contribution in [2.45, 2.75) is 26.3 Å². The molecule has 1 saturated heterocycles. The van der Waals surface area contributed by atoms with Gasteiger partial charge in [0.15, 0.2) is 0 Å². The third-order valence-corrected chi connectivity index (χ3v) is 7.07. The first-order valence-electron chi connectivity index (χ1n) is 10.5. The number of nitrogens with one attached hydrogen (secondary N) is 1. The number of benzene rings is 1. The third-order valence-electron chi connectivity index (χ3n) is 7.07. The second kappa shape index (κ2) is 6.80. The van der Waals surface area contributed by atoms with Crippen molar-refractivity contribution in [1.29, 1.82) is 0 Å². The summed E-state index contributed by atoms with van der Waals surface area (Å²) >= 11 is 0. The molecule has 1 aromatic heterocycles. The minimum Gasteiger partial charge on any atom is -0.318 e. The average Bonchev–Trinajstić information content (AvgIpc) is 3.48. The second-order valence-electron chi connectivity index (χ2n) is 8.65. The Balaban J connectivity index is 1.41. The van der Waals surface area contributed by atoms with Crippen LogP contribution < -0.4 is 10.9 Å². The minimum absolute atomic E-state index is 0.0844. The number of carbonyl (C=O) groups excluding carboxylic acids is 3. The zero-order valence-electron chi connectivity index (χ0n) is 17.6. The summed E-state index contributed by atoms with van der Waals surface area (Å²) in [5.41, 5.74) is 1.02. The number of para-hydroxylation sites is 1. The van der Waals surface area contributed by atoms with Gasteiger partial charge in [0.05, 0.1) is 23.2 Å². The summed E-state index contributed by atoms with van der Waals surface area (Å²) in [7, 11) is 1.74. The number of anilines is 1. The number of likely N-dealkylation sites (tertiary alicyclic amines) is 1. The Morgan fingerprint density at radius 3 is 2.19 bits per heavy atom. The SMILES string of the molecule is Cc1c(NC(=O)[C@H](C)N2C(=O)[C@@H]3[C@@H](C2=O)[C@H]2C=C[C@H]3C2)c(=O)n(-c2ccccc2)n1C. The molecule has 0 radical (unpaired) electrons. The number of nitrogens with zero attached hydrogens (tertiary/aromatic N) is 3. The molecular weight excluding hydrogens is 396 g/mol. The molecule has 31 heavy (non-hydrogen) atoms. The predicted molar refractivity (Wildman–Crippen MR) is 113 cm³/mol. The Morgan fingerprint density at radius 2 is 1.61 bits per heavy atom. The Bertz CT molecular complexity index is 1160. The summed E-state index contributed by atoms with van der Waals surface area (Å²) < 4.78 is 3.13. The minimum atomic E-state index is -0.991. The van der Waals surface area contributed by atoms with E-state index in [4.69, 9.17) is 0 Å². The summed E-state index contributed by atoms with van der Waals surface area (Å²) in [6.07, 6.45) is 4.87. The number of hydrogen-bond acceptors (Lipinski definition) is 4. The van der Waals surface area contributed by atoms with Gasteiger partial charge in [-0.05, 0) is 44.2 Å². The van der Waals surface area contributed by atoms with Gasteiger partial charge in [-0.15, -0.1) is 0 Å². The van der Waals surface area contributed by atoms with E-state index in [0.717, 1.165) is 11.3 Å². The molecule has 8 nitrogen and oxygen atoms in total. The van der Waals surface area contributed by atoms with E-state index in [1.54, 1.807) is 30.8 Å². The summed E-state index contributed by atoms with van der Waals surface area (Å²) in [6.45, 7) is 3.27. The van der Waals surface area contributed by atoms with Gasteiger partial charge in [-0.1, -0.05) is 30.4 Å². The largest absolute Gasteiger partial charge is 0.318 e. The zero-order chi connectivity index (χ0) is 22.0. The molecule has 5 rings (SSSR count). The van der Waals surface area contributed by atoms with E-state index >= 15 is 0 Å². The normalized spacial score (nSPS) is 27.1. The van der Waals surface area contributed by atoms with Crippen LogP contribution in [0.2, 0.25) is 0 Å². The number of aromatic nitrogens is 2. The van der Waals surface area contributed by atoms with Crippen molar-refractivity contribution in [1.82, 2.24) is 14.3 Å². The first-order chi connectivity index (χ1) is 14.8. The first-order valence-corrected chi connectivity index (χ1v) is 10.5. The standard InChI is InChI=1S/C23H24N4O4/c1-12-19(23(31)27(25(12)3)16-7-5-4-6-8-16)24-20(28)13(2)26-21(29)17-14-9-10-15(11-14)18(17)22(26)30/h4-10,13-15,17-18H,11H2,1-3H3,(H,24,28)/t13-,14-,15-,17-,18-/m0/s1. The molecule has 3 amide bonds. The van der Waals surface area contributed by atoms with Crippen molar-refractivity contribution in [2.75, 3.05) is 5.32 Å². The van der Waals surface area contributed by atoms with Gasteiger partial charge in [0.1, 0.15) is 11.7 Å². The molecule has 2 aliphatic carbocycles. The molecule has 2 aromatic rings. The predicted octanol–water partition coefficient (Wildman–Crippen LogP) is 1.62. The number of hydrogen-bond donors (Lipinski definition) is 1. The lowest BCUT2D eigenvalue weighted by Gasteiger charge is -2.23. The Morgan fingerprint density at radius 1 is 1.03 bits per heavy atom. The van der Waals surface area contributed by atoms with Crippen molar-refractivity contribution in [2.24, 2.45) is 30.7 Å². The average molecular weight is 420 g/mol. The molecule has 1 N–H and O–H groups in total. The molecule has 2 fully saturated rings. The van der Waals surface area contributed by atoms with E-state index in [2.05, 4.69) is 5.32 Å². The van der Waals surface area contributed by atoms with Crippen LogP contribution in [0.3, 0.4) is 0 Å². The van der Waals surface area contributed by atoms with Crippen LogP contribution in [-0.2, 0) is 21.4 Å². The summed E-state index contributed by atoms with van der Waals surface area (Å²) in [5, 5.41) is 2.68. The molecule has 5 atom stereocenters. The monoisotopic (exact) mass is 420 g/mol. The molecular formula is C23H24N4O4. The fraction of sp³-hybridized carbons (Fsp3) is 0.391. The number of carbonyl (C=O) groups is 3. The maximum Gasteiger partial charge on any atom is 0.295 e. The number of amides is 3. The van der Waals surface area contributed by atoms with E-state index < -0.39 is 11.9 Å². The second-order valence-corrected chi connectivity index (χ2v) is 8.65. The number of rotatable bonds is 4. The van der Waals surface area contributed by atoms with Crippen LogP contribution >= 0.6 is 0 Å². The van der Waals surface area contributed by atoms with Crippen LogP contribution in [0.15, 0.2) is 47.3 Å². The third kappa shape index (κ3) is 2.67. The molecule has 2 heterocycles. The van der Waals surface area contributed by atoms with Crippen LogP contribution in [0.25, 0.3) is 5.69 Å². The molecule has 0 unspecified atom stereocenters. The number of imide groups is 1. The maximum absolute atomic E-state index is 13.0. The van der Waals surface area contributed by atoms with Crippen molar-refractivity contribution in [3.8, 4) is 5.69 Å². The van der Waals surface area contributed by atoms with Crippen molar-refractivity contribution in [3.63, 3.8) is 0 Å². The highest BCUT2D eigenvalue weighted by atomic mass is 16.2. The fourth-order valence-electron chi connectivity index (χ4n) is 5.36. The van der Waals surface area contributed by atoms with E-state index in [9.17, 15) is 19.2 Å². The van der Waals surface area contributed by atoms with E-state index in [0.29, 0.717) is 11.4 Å². The van der Waals surface area contributed by atoms with Crippen LogP contribution in [0.1, 0.15) is 19.0 Å². The number of fused-ring (bicyclic) bond motifs is 5. The van der Waals surface area contributed by atoms with Gasteiger partial charge in [0, 0.05) is 7.05 Å². The quantitative estimate of drug-likeness (QED) is 0.601. The highest BCUT2D eigenvalue weighted by molar-refractivity contribution is 6.10. The Kier molecular flexibility index (Phi) is 4.28. The van der Waals surface area contributed by atoms with Gasteiger partial charge in [0.2, 0.25) is 17.7 Å². The van der Waals surface area contributed by atoms with E-state index in [1.807, 2.05) is 30.4 Å². The highest BCUT2D eigenvalue weighted by Crippen LogP contribution is 2.52. The Hall–Kier alpha value is -3.42. The van der Waals surface area contributed by atoms with Crippen molar-refractivity contribution >= 4 is 23.4 Å². The molecule has 8 heteroatoms. The van der Waals surface area contributed by atoms with Gasteiger partial charge >= 0.3 is 0 Å². The highest BCUT2D eigenvalue weighted by Gasteiger charge is 2.60. The van der Waals surface area contributed by atoms with E-state index in [-0.39, 0.29) is 46.7 Å². The topological polar surface area (TPSA) is 93.4 Å². The van der Waals surface area contributed by atoms with Gasteiger partial charge in [-0.3, -0.25) is 28.8 Å². The van der Waals surface area contributed by atoms with Crippen LogP contribution in [0.4, 0.5) is 5.69 Å². The summed E-state index contributed by atoms with van der Waals surface area (Å²) in [6, 6.07) is 8.13. The van der Waals surface area contributed by atoms with Gasteiger partial charge in [-0.25, -0.2) is 4.68 Å².